The van der Waals surface area contributed by atoms with Crippen LogP contribution in [0.1, 0.15) is 31.2 Å². The number of pyridine rings is 2. The summed E-state index contributed by atoms with van der Waals surface area (Å²) in [7, 11) is 0. The van der Waals surface area contributed by atoms with Crippen LogP contribution in [0.3, 0.4) is 0 Å². The Bertz CT molecular complexity index is 1160. The molecule has 1 fully saturated rings. The van der Waals surface area contributed by atoms with E-state index in [1.807, 2.05) is 29.2 Å². The molecule has 5 heterocycles. The summed E-state index contributed by atoms with van der Waals surface area (Å²) in [5.41, 5.74) is 3.78. The highest BCUT2D eigenvalue weighted by Gasteiger charge is 2.11. The molecule has 160 valence electrons. The van der Waals surface area contributed by atoms with E-state index in [0.717, 1.165) is 64.0 Å². The quantitative estimate of drug-likeness (QED) is 0.446. The lowest BCUT2D eigenvalue weighted by Crippen LogP contribution is -2.21. The van der Waals surface area contributed by atoms with Crippen molar-refractivity contribution in [3.8, 4) is 11.1 Å². The van der Waals surface area contributed by atoms with E-state index in [-0.39, 0.29) is 0 Å². The number of anilines is 2. The predicted octanol–water partition coefficient (Wildman–Crippen LogP) is 4.14. The highest BCUT2D eigenvalue weighted by atomic mass is 32.1. The molecule has 4 aromatic heterocycles. The minimum atomic E-state index is 0.739. The first-order valence-corrected chi connectivity index (χ1v) is 11.7. The van der Waals surface area contributed by atoms with Gasteiger partial charge >= 0.3 is 0 Å². The van der Waals surface area contributed by atoms with Crippen LogP contribution in [0.25, 0.3) is 22.2 Å². The lowest BCUT2D eigenvalue weighted by molar-refractivity contribution is 0.322. The molecule has 0 unspecified atom stereocenters. The Morgan fingerprint density at radius 3 is 2.77 bits per heavy atom. The molecule has 1 aliphatic rings. The van der Waals surface area contributed by atoms with Crippen LogP contribution in [0.4, 0.5) is 10.9 Å². The van der Waals surface area contributed by atoms with Gasteiger partial charge in [-0.3, -0.25) is 9.67 Å². The van der Waals surface area contributed by atoms with E-state index in [2.05, 4.69) is 49.7 Å². The highest BCUT2D eigenvalue weighted by molar-refractivity contribution is 7.15. The second-order valence-electron chi connectivity index (χ2n) is 7.83. The van der Waals surface area contributed by atoms with Gasteiger partial charge in [-0.25, -0.2) is 4.98 Å². The van der Waals surface area contributed by atoms with Crippen molar-refractivity contribution in [2.75, 3.05) is 25.0 Å². The molecule has 4 aromatic rings. The van der Waals surface area contributed by atoms with Crippen molar-refractivity contribution >= 4 is 33.3 Å². The minimum absolute atomic E-state index is 0.739. The predicted molar refractivity (Wildman–Crippen MR) is 124 cm³/mol. The molecular formula is C22H26N8S. The first-order valence-electron chi connectivity index (χ1n) is 10.9. The summed E-state index contributed by atoms with van der Waals surface area (Å²) in [6.07, 6.45) is 10.6. The molecule has 1 N–H and O–H groups in total. The van der Waals surface area contributed by atoms with Crippen LogP contribution in [-0.4, -0.2) is 54.5 Å². The average Bonchev–Trinajstić information content (AvgIpc) is 3.56. The summed E-state index contributed by atoms with van der Waals surface area (Å²) in [6.45, 7) is 6.65. The summed E-state index contributed by atoms with van der Waals surface area (Å²) in [5.74, 6) is 0.739. The zero-order chi connectivity index (χ0) is 21.0. The number of aromatic nitrogens is 6. The minimum Gasteiger partial charge on any atom is -0.315 e. The van der Waals surface area contributed by atoms with Gasteiger partial charge in [0.15, 0.2) is 0 Å². The third-order valence-electron chi connectivity index (χ3n) is 5.57. The maximum absolute atomic E-state index is 4.72. The van der Waals surface area contributed by atoms with Crippen molar-refractivity contribution in [3.63, 3.8) is 0 Å². The number of rotatable bonds is 8. The number of likely N-dealkylation sites (tertiary alicyclic amines) is 1. The summed E-state index contributed by atoms with van der Waals surface area (Å²) >= 11 is 1.55. The van der Waals surface area contributed by atoms with Crippen LogP contribution in [-0.2, 0) is 13.0 Å². The van der Waals surface area contributed by atoms with Crippen molar-refractivity contribution in [1.82, 2.24) is 34.8 Å². The number of fused-ring (bicyclic) bond motifs is 1. The smallest absolute Gasteiger partial charge is 0.211 e. The normalized spacial score (nSPS) is 14.5. The molecule has 0 amide bonds. The molecule has 0 spiro atoms. The Balaban J connectivity index is 1.28. The van der Waals surface area contributed by atoms with E-state index in [1.54, 1.807) is 11.3 Å². The molecule has 0 saturated carbocycles. The lowest BCUT2D eigenvalue weighted by atomic mass is 10.1. The molecule has 0 atom stereocenters. The molecular weight excluding hydrogens is 408 g/mol. The molecule has 1 aliphatic heterocycles. The number of hydrogen-bond acceptors (Lipinski definition) is 8. The summed E-state index contributed by atoms with van der Waals surface area (Å²) in [4.78, 5) is 11.9. The SMILES string of the molecule is CCc1nnc(Nc2ccc3ncc(-c4cnn(CCCN5CCCC5)c4)cc3n2)s1. The number of aryl methyl sites for hydroxylation is 2. The van der Waals surface area contributed by atoms with Gasteiger partial charge in [-0.05, 0) is 63.5 Å². The Labute approximate surface area is 185 Å². The van der Waals surface area contributed by atoms with Crippen LogP contribution >= 0.6 is 11.3 Å². The van der Waals surface area contributed by atoms with E-state index >= 15 is 0 Å². The Morgan fingerprint density at radius 1 is 1.03 bits per heavy atom. The fraction of sp³-hybridized carbons (Fsp3) is 0.409. The van der Waals surface area contributed by atoms with E-state index in [1.165, 1.54) is 25.9 Å². The van der Waals surface area contributed by atoms with E-state index in [4.69, 9.17) is 4.98 Å². The van der Waals surface area contributed by atoms with Gasteiger partial charge in [-0.15, -0.1) is 10.2 Å². The lowest BCUT2D eigenvalue weighted by Gasteiger charge is -2.13. The van der Waals surface area contributed by atoms with Gasteiger partial charge in [0.25, 0.3) is 0 Å². The van der Waals surface area contributed by atoms with Gasteiger partial charge in [-0.1, -0.05) is 18.3 Å². The van der Waals surface area contributed by atoms with Gasteiger partial charge in [0.1, 0.15) is 10.8 Å². The van der Waals surface area contributed by atoms with Crippen LogP contribution in [0, 0.1) is 0 Å². The van der Waals surface area contributed by atoms with Crippen molar-refractivity contribution in [2.24, 2.45) is 0 Å². The van der Waals surface area contributed by atoms with Gasteiger partial charge in [0.2, 0.25) is 5.13 Å². The largest absolute Gasteiger partial charge is 0.315 e. The molecule has 0 radical (unpaired) electrons. The first kappa shape index (κ1) is 20.0. The Morgan fingerprint density at radius 2 is 1.94 bits per heavy atom. The average molecular weight is 435 g/mol. The number of nitrogens with zero attached hydrogens (tertiary/aromatic N) is 7. The molecule has 5 rings (SSSR count). The van der Waals surface area contributed by atoms with E-state index in [0.29, 0.717) is 0 Å². The molecule has 1 saturated heterocycles. The summed E-state index contributed by atoms with van der Waals surface area (Å²) < 4.78 is 2.03. The molecule has 8 nitrogen and oxygen atoms in total. The summed E-state index contributed by atoms with van der Waals surface area (Å²) in [6, 6.07) is 5.95. The van der Waals surface area contributed by atoms with Gasteiger partial charge in [-0.2, -0.15) is 5.10 Å². The molecule has 0 aliphatic carbocycles. The van der Waals surface area contributed by atoms with Crippen LogP contribution in [0.2, 0.25) is 0 Å². The van der Waals surface area contributed by atoms with Crippen LogP contribution < -0.4 is 5.32 Å². The maximum Gasteiger partial charge on any atom is 0.211 e. The first-order chi connectivity index (χ1) is 15.3. The highest BCUT2D eigenvalue weighted by Crippen LogP contribution is 2.25. The molecule has 0 bridgehead atoms. The Hall–Kier alpha value is -2.91. The third kappa shape index (κ3) is 4.72. The van der Waals surface area contributed by atoms with Crippen LogP contribution in [0.15, 0.2) is 36.8 Å². The molecule has 31 heavy (non-hydrogen) atoms. The van der Waals surface area contributed by atoms with Crippen molar-refractivity contribution in [1.29, 1.82) is 0 Å². The fourth-order valence-corrected chi connectivity index (χ4v) is 4.57. The standard InChI is InChI=1S/C22H26N8S/c1-2-21-27-28-22(31-21)26-20-7-6-18-19(25-20)12-16(13-23-18)17-14-24-30(15-17)11-5-10-29-8-3-4-9-29/h6-7,12-15H,2-5,8-11H2,1H3,(H,25,26,28). The Kier molecular flexibility index (Phi) is 5.86. The van der Waals surface area contributed by atoms with Gasteiger partial charge < -0.3 is 10.2 Å². The second-order valence-corrected chi connectivity index (χ2v) is 8.89. The second kappa shape index (κ2) is 9.07. The molecule has 0 aromatic carbocycles. The summed E-state index contributed by atoms with van der Waals surface area (Å²) in [5, 5.41) is 17.9. The maximum atomic E-state index is 4.72. The van der Waals surface area contributed by atoms with Gasteiger partial charge in [0, 0.05) is 30.1 Å². The zero-order valence-corrected chi connectivity index (χ0v) is 18.5. The number of hydrogen-bond donors (Lipinski definition) is 1. The van der Waals surface area contributed by atoms with E-state index in [9.17, 15) is 0 Å². The monoisotopic (exact) mass is 434 g/mol. The zero-order valence-electron chi connectivity index (χ0n) is 17.7. The van der Waals surface area contributed by atoms with Crippen molar-refractivity contribution in [3.05, 3.63) is 41.8 Å². The van der Waals surface area contributed by atoms with Crippen LogP contribution in [0.5, 0.6) is 0 Å². The van der Waals surface area contributed by atoms with Gasteiger partial charge in [0.05, 0.1) is 17.2 Å². The van der Waals surface area contributed by atoms with Crippen molar-refractivity contribution < 1.29 is 0 Å². The third-order valence-corrected chi connectivity index (χ3v) is 6.55. The van der Waals surface area contributed by atoms with Crippen molar-refractivity contribution in [2.45, 2.75) is 39.2 Å². The number of nitrogens with one attached hydrogen (secondary N) is 1. The molecule has 9 heteroatoms. The fourth-order valence-electron chi connectivity index (χ4n) is 3.89. The topological polar surface area (TPSA) is 84.7 Å². The van der Waals surface area contributed by atoms with E-state index < -0.39 is 0 Å².